The normalized spacial score (nSPS) is 25.0. The second-order valence-electron chi connectivity index (χ2n) is 4.44. The molecule has 0 spiro atoms. The van der Waals surface area contributed by atoms with Crippen molar-refractivity contribution in [3.8, 4) is 0 Å². The van der Waals surface area contributed by atoms with Gasteiger partial charge in [-0.3, -0.25) is 9.69 Å². The molecular weight excluding hydrogens is 178 g/mol. The Morgan fingerprint density at radius 3 is 2.86 bits per heavy atom. The second kappa shape index (κ2) is 5.47. The van der Waals surface area contributed by atoms with Crippen LogP contribution in [0.2, 0.25) is 0 Å². The van der Waals surface area contributed by atoms with E-state index in [4.69, 9.17) is 4.74 Å². The molecule has 3 heteroatoms. The maximum atomic E-state index is 11.0. The second-order valence-corrected chi connectivity index (χ2v) is 4.44. The van der Waals surface area contributed by atoms with Crippen LogP contribution < -0.4 is 0 Å². The number of carbonyl (C=O) groups excluding carboxylic acids is 1. The average Bonchev–Trinajstić information content (AvgIpc) is 2.28. The zero-order valence-electron chi connectivity index (χ0n) is 9.45. The van der Waals surface area contributed by atoms with E-state index >= 15 is 0 Å². The molecule has 1 atom stereocenters. The van der Waals surface area contributed by atoms with Crippen molar-refractivity contribution in [1.29, 1.82) is 0 Å². The van der Waals surface area contributed by atoms with Crippen LogP contribution in [0.25, 0.3) is 0 Å². The van der Waals surface area contributed by atoms with Gasteiger partial charge in [-0.1, -0.05) is 13.8 Å². The zero-order valence-corrected chi connectivity index (χ0v) is 9.45. The van der Waals surface area contributed by atoms with Gasteiger partial charge in [0.1, 0.15) is 5.78 Å². The number of ether oxygens (including phenoxy) is 1. The van der Waals surface area contributed by atoms with Crippen LogP contribution in [0.1, 0.15) is 27.2 Å². The lowest BCUT2D eigenvalue weighted by Crippen LogP contribution is -2.37. The van der Waals surface area contributed by atoms with Crippen molar-refractivity contribution in [2.24, 2.45) is 5.92 Å². The lowest BCUT2D eigenvalue weighted by atomic mass is 10.1. The third-order valence-electron chi connectivity index (χ3n) is 2.58. The molecule has 0 N–H and O–H groups in total. The standard InChI is InChI=1S/C11H21NO2/c1-9(2)11-8-12(7-10(3)13)5-4-6-14-11/h9,11H,4-8H2,1-3H3. The summed E-state index contributed by atoms with van der Waals surface area (Å²) < 4.78 is 5.72. The molecular formula is C11H21NO2. The Morgan fingerprint density at radius 1 is 1.57 bits per heavy atom. The highest BCUT2D eigenvalue weighted by atomic mass is 16.5. The van der Waals surface area contributed by atoms with E-state index in [1.807, 2.05) is 0 Å². The molecule has 0 aromatic heterocycles. The summed E-state index contributed by atoms with van der Waals surface area (Å²) in [6, 6.07) is 0. The Labute approximate surface area is 86.4 Å². The van der Waals surface area contributed by atoms with E-state index < -0.39 is 0 Å². The number of hydrogen-bond acceptors (Lipinski definition) is 3. The Balaban J connectivity index is 2.46. The minimum atomic E-state index is 0.245. The molecule has 1 saturated heterocycles. The van der Waals surface area contributed by atoms with E-state index in [1.165, 1.54) is 0 Å². The first-order valence-electron chi connectivity index (χ1n) is 5.43. The van der Waals surface area contributed by atoms with E-state index in [9.17, 15) is 4.79 Å². The van der Waals surface area contributed by atoms with Gasteiger partial charge in [0.2, 0.25) is 0 Å². The fraction of sp³-hybridized carbons (Fsp3) is 0.909. The van der Waals surface area contributed by atoms with Crippen molar-refractivity contribution in [1.82, 2.24) is 4.90 Å². The number of nitrogens with zero attached hydrogens (tertiary/aromatic N) is 1. The molecule has 0 bridgehead atoms. The van der Waals surface area contributed by atoms with Gasteiger partial charge in [-0.05, 0) is 19.3 Å². The Bertz CT molecular complexity index is 192. The van der Waals surface area contributed by atoms with E-state index in [2.05, 4.69) is 18.7 Å². The fourth-order valence-electron chi connectivity index (χ4n) is 1.78. The minimum Gasteiger partial charge on any atom is -0.377 e. The summed E-state index contributed by atoms with van der Waals surface area (Å²) in [5.74, 6) is 0.775. The molecule has 0 aromatic carbocycles. The molecule has 0 saturated carbocycles. The van der Waals surface area contributed by atoms with E-state index in [1.54, 1.807) is 6.92 Å². The Kier molecular flexibility index (Phi) is 4.55. The number of hydrogen-bond donors (Lipinski definition) is 0. The van der Waals surface area contributed by atoms with Gasteiger partial charge >= 0.3 is 0 Å². The summed E-state index contributed by atoms with van der Waals surface area (Å²) in [7, 11) is 0. The van der Waals surface area contributed by atoms with Crippen molar-refractivity contribution < 1.29 is 9.53 Å². The lowest BCUT2D eigenvalue weighted by Gasteiger charge is -2.24. The lowest BCUT2D eigenvalue weighted by molar-refractivity contribution is -0.118. The van der Waals surface area contributed by atoms with Crippen LogP contribution in [0, 0.1) is 5.92 Å². The number of carbonyl (C=O) groups is 1. The molecule has 0 aromatic rings. The highest BCUT2D eigenvalue weighted by Crippen LogP contribution is 2.13. The predicted molar refractivity (Wildman–Crippen MR) is 56.3 cm³/mol. The van der Waals surface area contributed by atoms with Crippen molar-refractivity contribution in [3.63, 3.8) is 0 Å². The van der Waals surface area contributed by atoms with Crippen LogP contribution >= 0.6 is 0 Å². The molecule has 1 unspecified atom stereocenters. The first-order valence-corrected chi connectivity index (χ1v) is 5.43. The summed E-state index contributed by atoms with van der Waals surface area (Å²) in [6.07, 6.45) is 1.33. The third-order valence-corrected chi connectivity index (χ3v) is 2.58. The van der Waals surface area contributed by atoms with Crippen LogP contribution in [0.3, 0.4) is 0 Å². The van der Waals surface area contributed by atoms with Crippen LogP contribution in [-0.4, -0.2) is 43.0 Å². The molecule has 0 aliphatic carbocycles. The first-order chi connectivity index (χ1) is 6.59. The highest BCUT2D eigenvalue weighted by molar-refractivity contribution is 5.77. The number of Topliss-reactive ketones (excluding diaryl/α,β-unsaturated/α-hetero) is 1. The van der Waals surface area contributed by atoms with Crippen LogP contribution in [-0.2, 0) is 9.53 Å². The molecule has 0 radical (unpaired) electrons. The zero-order chi connectivity index (χ0) is 10.6. The van der Waals surface area contributed by atoms with Crippen LogP contribution in [0.15, 0.2) is 0 Å². The smallest absolute Gasteiger partial charge is 0.143 e. The SMILES string of the molecule is CC(=O)CN1CCCOC(C(C)C)C1. The predicted octanol–water partition coefficient (Wildman–Crippen LogP) is 1.32. The summed E-state index contributed by atoms with van der Waals surface area (Å²) >= 11 is 0. The molecule has 3 nitrogen and oxygen atoms in total. The monoisotopic (exact) mass is 199 g/mol. The quantitative estimate of drug-likeness (QED) is 0.686. The largest absolute Gasteiger partial charge is 0.377 e. The van der Waals surface area contributed by atoms with Crippen molar-refractivity contribution in [2.75, 3.05) is 26.2 Å². The molecule has 1 fully saturated rings. The Hall–Kier alpha value is -0.410. The van der Waals surface area contributed by atoms with E-state index in [0.717, 1.165) is 26.1 Å². The van der Waals surface area contributed by atoms with E-state index in [0.29, 0.717) is 12.5 Å². The average molecular weight is 199 g/mol. The summed E-state index contributed by atoms with van der Waals surface area (Å²) in [5.41, 5.74) is 0. The van der Waals surface area contributed by atoms with Crippen molar-refractivity contribution in [2.45, 2.75) is 33.3 Å². The van der Waals surface area contributed by atoms with Crippen molar-refractivity contribution >= 4 is 5.78 Å². The fourth-order valence-corrected chi connectivity index (χ4v) is 1.78. The van der Waals surface area contributed by atoms with Gasteiger partial charge in [0.05, 0.1) is 12.6 Å². The van der Waals surface area contributed by atoms with E-state index in [-0.39, 0.29) is 11.9 Å². The molecule has 1 rings (SSSR count). The maximum Gasteiger partial charge on any atom is 0.143 e. The van der Waals surface area contributed by atoms with Crippen LogP contribution in [0.4, 0.5) is 0 Å². The molecule has 82 valence electrons. The van der Waals surface area contributed by atoms with Gasteiger partial charge in [-0.25, -0.2) is 0 Å². The summed E-state index contributed by atoms with van der Waals surface area (Å²) in [6.45, 7) is 9.28. The van der Waals surface area contributed by atoms with Gasteiger partial charge in [-0.15, -0.1) is 0 Å². The first kappa shape index (κ1) is 11.7. The van der Waals surface area contributed by atoms with Crippen LogP contribution in [0.5, 0.6) is 0 Å². The third kappa shape index (κ3) is 3.76. The maximum absolute atomic E-state index is 11.0. The molecule has 1 aliphatic heterocycles. The topological polar surface area (TPSA) is 29.5 Å². The van der Waals surface area contributed by atoms with Crippen molar-refractivity contribution in [3.05, 3.63) is 0 Å². The van der Waals surface area contributed by atoms with Gasteiger partial charge < -0.3 is 4.74 Å². The Morgan fingerprint density at radius 2 is 2.29 bits per heavy atom. The highest BCUT2D eigenvalue weighted by Gasteiger charge is 2.21. The van der Waals surface area contributed by atoms with Gasteiger partial charge in [0, 0.05) is 19.7 Å². The van der Waals surface area contributed by atoms with Gasteiger partial charge in [0.15, 0.2) is 0 Å². The van der Waals surface area contributed by atoms with Gasteiger partial charge in [0.25, 0.3) is 0 Å². The molecule has 1 aliphatic rings. The number of rotatable bonds is 3. The molecule has 0 amide bonds. The summed E-state index contributed by atoms with van der Waals surface area (Å²) in [4.78, 5) is 13.2. The summed E-state index contributed by atoms with van der Waals surface area (Å²) in [5, 5.41) is 0. The number of ketones is 1. The molecule has 14 heavy (non-hydrogen) atoms. The minimum absolute atomic E-state index is 0.245. The molecule has 1 heterocycles. The van der Waals surface area contributed by atoms with Gasteiger partial charge in [-0.2, -0.15) is 0 Å².